The van der Waals surface area contributed by atoms with E-state index in [0.717, 1.165) is 38.4 Å². The van der Waals surface area contributed by atoms with Crippen molar-refractivity contribution in [3.8, 4) is 5.75 Å². The fourth-order valence-electron chi connectivity index (χ4n) is 3.15. The highest BCUT2D eigenvalue weighted by Gasteiger charge is 2.09. The Balaban J connectivity index is 1.47. The van der Waals surface area contributed by atoms with Crippen molar-refractivity contribution in [2.24, 2.45) is 0 Å². The quantitative estimate of drug-likeness (QED) is 0.435. The minimum Gasteiger partial charge on any atom is -0.483 e. The summed E-state index contributed by atoms with van der Waals surface area (Å²) in [6.45, 7) is 2.05. The van der Waals surface area contributed by atoms with Crippen LogP contribution in [0.25, 0.3) is 21.8 Å². The van der Waals surface area contributed by atoms with Crippen LogP contribution in [0, 0.1) is 0 Å². The lowest BCUT2D eigenvalue weighted by atomic mass is 10.1. The number of para-hydroxylation sites is 1. The minimum absolute atomic E-state index is 0.0456. The van der Waals surface area contributed by atoms with Gasteiger partial charge in [-0.15, -0.1) is 0 Å². The van der Waals surface area contributed by atoms with Gasteiger partial charge >= 0.3 is 0 Å². The number of ether oxygens (including phenoxy) is 1. The lowest BCUT2D eigenvalue weighted by Crippen LogP contribution is -2.20. The van der Waals surface area contributed by atoms with E-state index in [0.29, 0.717) is 5.75 Å². The van der Waals surface area contributed by atoms with Crippen molar-refractivity contribution in [2.75, 3.05) is 11.9 Å². The smallest absolute Gasteiger partial charge is 0.262 e. The second-order valence-corrected chi connectivity index (χ2v) is 7.24. The van der Waals surface area contributed by atoms with Crippen LogP contribution in [-0.4, -0.2) is 17.5 Å². The molecule has 0 spiro atoms. The van der Waals surface area contributed by atoms with Gasteiger partial charge in [-0.05, 0) is 64.3 Å². The molecule has 136 valence electrons. The van der Waals surface area contributed by atoms with Crippen molar-refractivity contribution in [2.45, 2.75) is 13.3 Å². The highest BCUT2D eigenvalue weighted by Crippen LogP contribution is 2.28. The van der Waals surface area contributed by atoms with Crippen LogP contribution in [0.15, 0.2) is 65.1 Å². The van der Waals surface area contributed by atoms with Crippen LogP contribution in [0.3, 0.4) is 0 Å². The predicted octanol–water partition coefficient (Wildman–Crippen LogP) is 5.66. The molecule has 2 N–H and O–H groups in total. The number of rotatable bonds is 5. The van der Waals surface area contributed by atoms with E-state index in [1.807, 2.05) is 54.6 Å². The fraction of sp³-hybridized carbons (Fsp3) is 0.136. The molecule has 0 radical (unpaired) electrons. The SMILES string of the molecule is CCc1ccc(OCC(=O)Nc2ccc3[nH]c4ccccc4c3c2)c(Br)c1. The Morgan fingerprint density at radius 1 is 1.04 bits per heavy atom. The summed E-state index contributed by atoms with van der Waals surface area (Å²) in [6, 6.07) is 19.9. The molecule has 1 amide bonds. The first kappa shape index (κ1) is 17.6. The van der Waals surface area contributed by atoms with Crippen LogP contribution >= 0.6 is 15.9 Å². The Labute approximate surface area is 165 Å². The summed E-state index contributed by atoms with van der Waals surface area (Å²) in [7, 11) is 0. The fourth-order valence-corrected chi connectivity index (χ4v) is 3.69. The number of fused-ring (bicyclic) bond motifs is 3. The molecule has 1 heterocycles. The monoisotopic (exact) mass is 422 g/mol. The summed E-state index contributed by atoms with van der Waals surface area (Å²) in [6.07, 6.45) is 0.954. The number of aromatic nitrogens is 1. The molecule has 27 heavy (non-hydrogen) atoms. The van der Waals surface area contributed by atoms with Gasteiger partial charge in [0.15, 0.2) is 6.61 Å². The van der Waals surface area contributed by atoms with Crippen LogP contribution in [-0.2, 0) is 11.2 Å². The molecule has 0 saturated carbocycles. The molecule has 1 aromatic heterocycles. The van der Waals surface area contributed by atoms with Gasteiger partial charge in [0.1, 0.15) is 5.75 Å². The minimum atomic E-state index is -0.194. The molecule has 3 aromatic carbocycles. The summed E-state index contributed by atoms with van der Waals surface area (Å²) in [5.74, 6) is 0.468. The number of hydrogen-bond acceptors (Lipinski definition) is 2. The van der Waals surface area contributed by atoms with Crippen molar-refractivity contribution in [3.63, 3.8) is 0 Å². The summed E-state index contributed by atoms with van der Waals surface area (Å²) >= 11 is 3.49. The molecule has 0 fully saturated rings. The molecule has 0 unspecified atom stereocenters. The van der Waals surface area contributed by atoms with Gasteiger partial charge < -0.3 is 15.0 Å². The normalized spacial score (nSPS) is 11.0. The average molecular weight is 423 g/mol. The Morgan fingerprint density at radius 3 is 2.67 bits per heavy atom. The van der Waals surface area contributed by atoms with E-state index in [1.165, 1.54) is 5.56 Å². The van der Waals surface area contributed by atoms with E-state index in [9.17, 15) is 4.79 Å². The van der Waals surface area contributed by atoms with Gasteiger partial charge in [-0.1, -0.05) is 31.2 Å². The number of halogens is 1. The molecule has 5 heteroatoms. The number of amides is 1. The van der Waals surface area contributed by atoms with E-state index in [1.54, 1.807) is 0 Å². The molecule has 0 saturated heterocycles. The van der Waals surface area contributed by atoms with Crippen LogP contribution in [0.4, 0.5) is 5.69 Å². The van der Waals surface area contributed by atoms with E-state index < -0.39 is 0 Å². The number of H-pyrrole nitrogens is 1. The highest BCUT2D eigenvalue weighted by molar-refractivity contribution is 9.10. The van der Waals surface area contributed by atoms with Gasteiger partial charge in [0.05, 0.1) is 4.47 Å². The molecular formula is C22H19BrN2O2. The van der Waals surface area contributed by atoms with Gasteiger partial charge in [-0.25, -0.2) is 0 Å². The maximum atomic E-state index is 12.3. The lowest BCUT2D eigenvalue weighted by molar-refractivity contribution is -0.118. The first-order valence-electron chi connectivity index (χ1n) is 8.85. The van der Waals surface area contributed by atoms with Crippen LogP contribution < -0.4 is 10.1 Å². The van der Waals surface area contributed by atoms with E-state index in [-0.39, 0.29) is 12.5 Å². The lowest BCUT2D eigenvalue weighted by Gasteiger charge is -2.10. The first-order chi connectivity index (χ1) is 13.1. The average Bonchev–Trinajstić information content (AvgIpc) is 3.05. The van der Waals surface area contributed by atoms with E-state index >= 15 is 0 Å². The molecule has 0 aliphatic rings. The number of carbonyl (C=O) groups excluding carboxylic acids is 1. The highest BCUT2D eigenvalue weighted by atomic mass is 79.9. The van der Waals surface area contributed by atoms with Gasteiger partial charge in [0.25, 0.3) is 5.91 Å². The third kappa shape index (κ3) is 3.69. The van der Waals surface area contributed by atoms with E-state index in [4.69, 9.17) is 4.74 Å². The number of anilines is 1. The summed E-state index contributed by atoms with van der Waals surface area (Å²) < 4.78 is 6.50. The largest absolute Gasteiger partial charge is 0.483 e. The number of aromatic amines is 1. The molecule has 4 rings (SSSR count). The number of benzene rings is 3. The van der Waals surface area contributed by atoms with Gasteiger partial charge in [0.2, 0.25) is 0 Å². The maximum Gasteiger partial charge on any atom is 0.262 e. The number of hydrogen-bond donors (Lipinski definition) is 2. The van der Waals surface area contributed by atoms with Crippen LogP contribution in [0.1, 0.15) is 12.5 Å². The van der Waals surface area contributed by atoms with Gasteiger partial charge in [-0.2, -0.15) is 0 Å². The third-order valence-electron chi connectivity index (χ3n) is 4.55. The summed E-state index contributed by atoms with van der Waals surface area (Å²) in [5.41, 5.74) is 4.09. The van der Waals surface area contributed by atoms with E-state index in [2.05, 4.69) is 39.2 Å². The van der Waals surface area contributed by atoms with Crippen molar-refractivity contribution in [1.29, 1.82) is 0 Å². The van der Waals surface area contributed by atoms with Crippen molar-refractivity contribution < 1.29 is 9.53 Å². The summed E-state index contributed by atoms with van der Waals surface area (Å²) in [5, 5.41) is 5.13. The second kappa shape index (κ2) is 7.45. The molecule has 0 bridgehead atoms. The zero-order valence-electron chi connectivity index (χ0n) is 14.9. The molecular weight excluding hydrogens is 404 g/mol. The topological polar surface area (TPSA) is 54.1 Å². The zero-order chi connectivity index (χ0) is 18.8. The molecule has 0 aliphatic heterocycles. The Morgan fingerprint density at radius 2 is 1.85 bits per heavy atom. The number of nitrogens with one attached hydrogen (secondary N) is 2. The van der Waals surface area contributed by atoms with Crippen molar-refractivity contribution >= 4 is 49.3 Å². The number of carbonyl (C=O) groups is 1. The second-order valence-electron chi connectivity index (χ2n) is 6.39. The summed E-state index contributed by atoms with van der Waals surface area (Å²) in [4.78, 5) is 15.7. The number of aryl methyl sites for hydroxylation is 1. The van der Waals surface area contributed by atoms with Gasteiger partial charge in [0, 0.05) is 27.5 Å². The van der Waals surface area contributed by atoms with Crippen LogP contribution in [0.2, 0.25) is 0 Å². The third-order valence-corrected chi connectivity index (χ3v) is 5.17. The van der Waals surface area contributed by atoms with Crippen molar-refractivity contribution in [1.82, 2.24) is 4.98 Å². The Bertz CT molecular complexity index is 1130. The molecule has 4 nitrogen and oxygen atoms in total. The van der Waals surface area contributed by atoms with Gasteiger partial charge in [-0.3, -0.25) is 4.79 Å². The standard InChI is InChI=1S/C22H19BrN2O2/c1-2-14-7-10-21(18(23)11-14)27-13-22(26)24-15-8-9-20-17(12-15)16-5-3-4-6-19(16)25-20/h3-12,25H,2,13H2,1H3,(H,24,26). The van der Waals surface area contributed by atoms with Crippen molar-refractivity contribution in [3.05, 3.63) is 70.7 Å². The molecule has 4 aromatic rings. The predicted molar refractivity (Wildman–Crippen MR) is 113 cm³/mol. The molecule has 0 atom stereocenters. The first-order valence-corrected chi connectivity index (χ1v) is 9.65. The van der Waals surface area contributed by atoms with Crippen LogP contribution in [0.5, 0.6) is 5.75 Å². The Kier molecular flexibility index (Phi) is 4.86. The maximum absolute atomic E-state index is 12.3. The zero-order valence-corrected chi connectivity index (χ0v) is 16.5. The Hall–Kier alpha value is -2.79. The molecule has 0 aliphatic carbocycles.